The van der Waals surface area contributed by atoms with Crippen molar-refractivity contribution < 1.29 is 4.79 Å². The van der Waals surface area contributed by atoms with Gasteiger partial charge in [0.05, 0.1) is 11.3 Å². The fourth-order valence-electron chi connectivity index (χ4n) is 2.71. The zero-order chi connectivity index (χ0) is 14.5. The molecule has 0 atom stereocenters. The maximum absolute atomic E-state index is 11.4. The molecule has 3 nitrogen and oxygen atoms in total. The highest BCUT2D eigenvalue weighted by Crippen LogP contribution is 2.32. The van der Waals surface area contributed by atoms with Gasteiger partial charge in [0, 0.05) is 30.8 Å². The highest BCUT2D eigenvalue weighted by atomic mass is 32.2. The van der Waals surface area contributed by atoms with Crippen LogP contribution in [0.3, 0.4) is 0 Å². The molecule has 1 saturated carbocycles. The van der Waals surface area contributed by atoms with E-state index in [4.69, 9.17) is 0 Å². The number of carbonyl (C=O) groups is 1. The van der Waals surface area contributed by atoms with Crippen molar-refractivity contribution in [1.82, 2.24) is 0 Å². The van der Waals surface area contributed by atoms with Gasteiger partial charge >= 0.3 is 0 Å². The van der Waals surface area contributed by atoms with Gasteiger partial charge in [0.25, 0.3) is 0 Å². The molecule has 1 fully saturated rings. The zero-order valence-electron chi connectivity index (χ0n) is 12.1. The third kappa shape index (κ3) is 3.16. The van der Waals surface area contributed by atoms with Crippen LogP contribution in [-0.4, -0.2) is 24.6 Å². The van der Waals surface area contributed by atoms with E-state index >= 15 is 0 Å². The fraction of sp³-hybridized carbons (Fsp3) is 0.500. The zero-order valence-corrected chi connectivity index (χ0v) is 12.9. The van der Waals surface area contributed by atoms with Crippen LogP contribution in [0.4, 0.5) is 5.69 Å². The van der Waals surface area contributed by atoms with Crippen molar-refractivity contribution in [1.29, 1.82) is 5.26 Å². The summed E-state index contributed by atoms with van der Waals surface area (Å²) in [6.45, 7) is 2.09. The molecule has 4 heteroatoms. The second-order valence-corrected chi connectivity index (χ2v) is 6.38. The lowest BCUT2D eigenvalue weighted by Gasteiger charge is -2.33. The molecule has 0 spiro atoms. The normalized spacial score (nSPS) is 15.9. The number of anilines is 1. The highest BCUT2D eigenvalue weighted by molar-refractivity contribution is 7.99. The molecule has 2 rings (SSSR count). The third-order valence-electron chi connectivity index (χ3n) is 3.86. The number of Topliss-reactive ketones (excluding diaryl/α,β-unsaturated/α-hetero) is 1. The van der Waals surface area contributed by atoms with Gasteiger partial charge < -0.3 is 4.90 Å². The average molecular weight is 288 g/mol. The summed E-state index contributed by atoms with van der Waals surface area (Å²) in [5, 5.41) is 9.47. The number of hydrogen-bond donors (Lipinski definition) is 0. The van der Waals surface area contributed by atoms with Crippen LogP contribution >= 0.6 is 11.8 Å². The minimum atomic E-state index is 0.363. The first-order chi connectivity index (χ1) is 9.67. The smallest absolute Gasteiger partial charge is 0.133 e. The molecule has 1 aromatic rings. The van der Waals surface area contributed by atoms with Gasteiger partial charge in [-0.3, -0.25) is 4.79 Å². The molecular formula is C16H20N2OS. The van der Waals surface area contributed by atoms with Crippen LogP contribution < -0.4 is 4.90 Å². The number of carbonyl (C=O) groups excluding carboxylic acids is 1. The Morgan fingerprint density at radius 1 is 1.40 bits per heavy atom. The van der Waals surface area contributed by atoms with Crippen LogP contribution in [0, 0.1) is 11.3 Å². The van der Waals surface area contributed by atoms with E-state index in [2.05, 4.69) is 17.9 Å². The third-order valence-corrected chi connectivity index (χ3v) is 4.80. The summed E-state index contributed by atoms with van der Waals surface area (Å²) < 4.78 is 0. The van der Waals surface area contributed by atoms with Crippen LogP contribution in [0.15, 0.2) is 23.1 Å². The lowest BCUT2D eigenvalue weighted by Crippen LogP contribution is -2.35. The molecule has 0 saturated heterocycles. The molecule has 0 aliphatic heterocycles. The second-order valence-electron chi connectivity index (χ2n) is 5.08. The second kappa shape index (κ2) is 6.81. The molecule has 0 amide bonds. The highest BCUT2D eigenvalue weighted by Gasteiger charge is 2.24. The van der Waals surface area contributed by atoms with Gasteiger partial charge in [-0.1, -0.05) is 13.0 Å². The van der Waals surface area contributed by atoms with Gasteiger partial charge in [0.2, 0.25) is 0 Å². The predicted molar refractivity (Wildman–Crippen MR) is 83.2 cm³/mol. The summed E-state index contributed by atoms with van der Waals surface area (Å²) in [5.41, 5.74) is 1.75. The lowest BCUT2D eigenvalue weighted by molar-refractivity contribution is -0.120. The molecule has 0 radical (unpaired) electrons. The van der Waals surface area contributed by atoms with E-state index in [1.165, 1.54) is 0 Å². The topological polar surface area (TPSA) is 44.1 Å². The molecule has 0 unspecified atom stereocenters. The van der Waals surface area contributed by atoms with Crippen molar-refractivity contribution in [2.45, 2.75) is 43.5 Å². The number of nitrogens with zero attached hydrogens (tertiary/aromatic N) is 2. The van der Waals surface area contributed by atoms with Gasteiger partial charge in [-0.2, -0.15) is 5.26 Å². The first kappa shape index (κ1) is 14.9. The van der Waals surface area contributed by atoms with E-state index < -0.39 is 0 Å². The minimum absolute atomic E-state index is 0.363. The summed E-state index contributed by atoms with van der Waals surface area (Å²) >= 11 is 1.70. The molecule has 1 aromatic carbocycles. The summed E-state index contributed by atoms with van der Waals surface area (Å²) in [4.78, 5) is 14.6. The summed E-state index contributed by atoms with van der Waals surface area (Å²) in [6, 6.07) is 8.74. The van der Waals surface area contributed by atoms with Crippen molar-refractivity contribution in [2.75, 3.05) is 17.7 Å². The van der Waals surface area contributed by atoms with E-state index in [1.54, 1.807) is 11.8 Å². The number of nitriles is 1. The Kier molecular flexibility index (Phi) is 5.08. The molecule has 1 aliphatic carbocycles. The minimum Gasteiger partial charge on any atom is -0.370 e. The maximum atomic E-state index is 11.4. The Balaban J connectivity index is 2.25. The van der Waals surface area contributed by atoms with Crippen molar-refractivity contribution in [3.8, 4) is 6.07 Å². The standard InChI is InChI=1S/C16H20N2OS/c1-3-20-16-6-4-5-15(14(16)11-17)18(2)12-7-9-13(19)10-8-12/h4-6,12H,3,7-10H2,1-2H3. The molecule has 106 valence electrons. The molecule has 0 N–H and O–H groups in total. The number of hydrogen-bond acceptors (Lipinski definition) is 4. The van der Waals surface area contributed by atoms with E-state index in [0.29, 0.717) is 24.7 Å². The molecule has 0 bridgehead atoms. The Morgan fingerprint density at radius 2 is 2.10 bits per heavy atom. The van der Waals surface area contributed by atoms with Crippen LogP contribution in [0.5, 0.6) is 0 Å². The largest absolute Gasteiger partial charge is 0.370 e. The van der Waals surface area contributed by atoms with Gasteiger partial charge in [-0.05, 0) is 30.7 Å². The Morgan fingerprint density at radius 3 is 2.70 bits per heavy atom. The molecule has 1 aliphatic rings. The van der Waals surface area contributed by atoms with Crippen molar-refractivity contribution >= 4 is 23.2 Å². The average Bonchev–Trinajstić information content (AvgIpc) is 2.47. The SMILES string of the molecule is CCSc1cccc(N(C)C2CCC(=O)CC2)c1C#N. The Bertz CT molecular complexity index is 526. The monoisotopic (exact) mass is 288 g/mol. The van der Waals surface area contributed by atoms with Gasteiger partial charge in [-0.25, -0.2) is 0 Å². The summed E-state index contributed by atoms with van der Waals surface area (Å²) in [7, 11) is 2.04. The number of rotatable bonds is 4. The quantitative estimate of drug-likeness (QED) is 0.794. The lowest BCUT2D eigenvalue weighted by atomic mass is 9.93. The molecule has 0 aromatic heterocycles. The number of thioether (sulfide) groups is 1. The van der Waals surface area contributed by atoms with Crippen molar-refractivity contribution in [2.24, 2.45) is 0 Å². The Labute approximate surface area is 125 Å². The predicted octanol–water partition coefficient (Wildman–Crippen LogP) is 3.62. The maximum Gasteiger partial charge on any atom is 0.133 e. The number of ketones is 1. The fourth-order valence-corrected chi connectivity index (χ4v) is 3.49. The van der Waals surface area contributed by atoms with Crippen molar-refractivity contribution in [3.63, 3.8) is 0 Å². The van der Waals surface area contributed by atoms with E-state index in [-0.39, 0.29) is 0 Å². The van der Waals surface area contributed by atoms with E-state index in [9.17, 15) is 10.1 Å². The number of benzene rings is 1. The van der Waals surface area contributed by atoms with Gasteiger partial charge in [0.1, 0.15) is 11.9 Å². The molecular weight excluding hydrogens is 268 g/mol. The van der Waals surface area contributed by atoms with Crippen LogP contribution in [-0.2, 0) is 4.79 Å². The van der Waals surface area contributed by atoms with Gasteiger partial charge in [-0.15, -0.1) is 11.8 Å². The molecule has 0 heterocycles. The summed E-state index contributed by atoms with van der Waals surface area (Å²) in [5.74, 6) is 1.32. The van der Waals surface area contributed by atoms with Crippen LogP contribution in [0.2, 0.25) is 0 Å². The van der Waals surface area contributed by atoms with Crippen LogP contribution in [0.25, 0.3) is 0 Å². The van der Waals surface area contributed by atoms with Crippen LogP contribution in [0.1, 0.15) is 38.2 Å². The summed E-state index contributed by atoms with van der Waals surface area (Å²) in [6.07, 6.45) is 3.12. The van der Waals surface area contributed by atoms with Gasteiger partial charge in [0.15, 0.2) is 0 Å². The Hall–Kier alpha value is -1.47. The van der Waals surface area contributed by atoms with E-state index in [0.717, 1.165) is 34.7 Å². The first-order valence-electron chi connectivity index (χ1n) is 7.07. The van der Waals surface area contributed by atoms with Crippen molar-refractivity contribution in [3.05, 3.63) is 23.8 Å². The van der Waals surface area contributed by atoms with E-state index in [1.807, 2.05) is 25.2 Å². The first-order valence-corrected chi connectivity index (χ1v) is 8.06. The molecule has 20 heavy (non-hydrogen) atoms.